The van der Waals surface area contributed by atoms with Gasteiger partial charge in [0.05, 0.1) is 22.6 Å². The lowest BCUT2D eigenvalue weighted by molar-refractivity contribution is -0.384. The molecule has 0 unspecified atom stereocenters. The fourth-order valence-electron chi connectivity index (χ4n) is 3.07. The Hall–Kier alpha value is -2.94. The van der Waals surface area contributed by atoms with Crippen molar-refractivity contribution >= 4 is 33.0 Å². The Bertz CT molecular complexity index is 1050. The van der Waals surface area contributed by atoms with E-state index in [9.17, 15) is 23.3 Å². The van der Waals surface area contributed by atoms with E-state index in [1.165, 1.54) is 18.2 Å². The van der Waals surface area contributed by atoms with Crippen molar-refractivity contribution in [1.29, 1.82) is 0 Å². The Morgan fingerprint density at radius 3 is 2.31 bits per heavy atom. The van der Waals surface area contributed by atoms with E-state index in [0.717, 1.165) is 21.7 Å². The summed E-state index contributed by atoms with van der Waals surface area (Å²) in [5.74, 6) is -0.553. The summed E-state index contributed by atoms with van der Waals surface area (Å²) in [5.41, 5.74) is 2.77. The minimum atomic E-state index is -3.77. The fraction of sp³-hybridized carbons (Fsp3) is 0.350. The summed E-state index contributed by atoms with van der Waals surface area (Å²) in [6.45, 7) is 7.05. The van der Waals surface area contributed by atoms with Crippen LogP contribution >= 0.6 is 0 Å². The molecule has 1 amide bonds. The third-order valence-electron chi connectivity index (χ3n) is 4.62. The van der Waals surface area contributed by atoms with E-state index < -0.39 is 26.9 Å². The van der Waals surface area contributed by atoms with Crippen LogP contribution < -0.4 is 9.62 Å². The van der Waals surface area contributed by atoms with E-state index in [1.54, 1.807) is 32.9 Å². The number of nitro benzene ring substituents is 1. The number of hydrogen-bond donors (Lipinski definition) is 1. The number of nitrogens with one attached hydrogen (secondary N) is 1. The van der Waals surface area contributed by atoms with Crippen LogP contribution in [0.2, 0.25) is 0 Å². The highest BCUT2D eigenvalue weighted by Crippen LogP contribution is 2.29. The van der Waals surface area contributed by atoms with E-state index in [4.69, 9.17) is 0 Å². The van der Waals surface area contributed by atoms with Crippen molar-refractivity contribution in [2.75, 3.05) is 15.9 Å². The van der Waals surface area contributed by atoms with Crippen molar-refractivity contribution in [3.05, 3.63) is 63.2 Å². The lowest BCUT2D eigenvalue weighted by atomic mass is 10.1. The van der Waals surface area contributed by atoms with Gasteiger partial charge in [0.2, 0.25) is 15.9 Å². The zero-order valence-corrected chi connectivity index (χ0v) is 17.9. The number of benzene rings is 2. The van der Waals surface area contributed by atoms with Crippen molar-refractivity contribution in [1.82, 2.24) is 0 Å². The number of hydrogen-bond acceptors (Lipinski definition) is 5. The third-order valence-corrected chi connectivity index (χ3v) is 5.79. The SMILES string of the molecule is CC[C@H](C(=O)Nc1cc([N+](=O)[O-])ccc1C)N(c1cc(C)ccc1C)S(C)(=O)=O. The molecule has 2 aromatic rings. The Kier molecular flexibility index (Phi) is 6.63. The van der Waals surface area contributed by atoms with Gasteiger partial charge in [-0.25, -0.2) is 8.42 Å². The smallest absolute Gasteiger partial charge is 0.271 e. The van der Waals surface area contributed by atoms with Crippen LogP contribution in [0.1, 0.15) is 30.0 Å². The molecule has 0 bridgehead atoms. The Balaban J connectivity index is 2.48. The summed E-state index contributed by atoms with van der Waals surface area (Å²) in [6, 6.07) is 8.54. The van der Waals surface area contributed by atoms with Gasteiger partial charge in [-0.1, -0.05) is 25.1 Å². The topological polar surface area (TPSA) is 110 Å². The highest BCUT2D eigenvalue weighted by atomic mass is 32.2. The highest BCUT2D eigenvalue weighted by Gasteiger charge is 2.32. The maximum absolute atomic E-state index is 13.0. The van der Waals surface area contributed by atoms with Crippen molar-refractivity contribution in [2.24, 2.45) is 0 Å². The molecule has 0 fully saturated rings. The van der Waals surface area contributed by atoms with Gasteiger partial charge in [0.15, 0.2) is 0 Å². The quantitative estimate of drug-likeness (QED) is 0.543. The molecule has 0 aliphatic rings. The standard InChI is InChI=1S/C20H25N3O5S/c1-6-18(20(24)21-17-12-16(23(25)26)10-9-14(17)3)22(29(5,27)28)19-11-13(2)7-8-15(19)4/h7-12,18H,6H2,1-5H3,(H,21,24)/t18-/m1/s1. The number of sulfonamides is 1. The lowest BCUT2D eigenvalue weighted by Crippen LogP contribution is -2.47. The molecular formula is C20H25N3O5S. The number of anilines is 2. The molecule has 156 valence electrons. The van der Waals surface area contributed by atoms with Crippen LogP contribution in [0, 0.1) is 30.9 Å². The number of aryl methyl sites for hydroxylation is 3. The molecule has 0 saturated carbocycles. The summed E-state index contributed by atoms with van der Waals surface area (Å²) in [4.78, 5) is 23.5. The fourth-order valence-corrected chi connectivity index (χ4v) is 4.33. The average Bonchev–Trinajstić information content (AvgIpc) is 2.62. The minimum Gasteiger partial charge on any atom is -0.324 e. The minimum absolute atomic E-state index is 0.159. The largest absolute Gasteiger partial charge is 0.324 e. The lowest BCUT2D eigenvalue weighted by Gasteiger charge is -2.31. The maximum Gasteiger partial charge on any atom is 0.271 e. The van der Waals surface area contributed by atoms with E-state index in [2.05, 4.69) is 5.32 Å². The molecule has 0 aromatic heterocycles. The molecule has 0 aliphatic carbocycles. The van der Waals surface area contributed by atoms with Gasteiger partial charge in [-0.2, -0.15) is 0 Å². The normalized spacial score (nSPS) is 12.3. The predicted octanol–water partition coefficient (Wildman–Crippen LogP) is 3.70. The first-order valence-corrected chi connectivity index (χ1v) is 10.9. The number of non-ortho nitro benzene ring substituents is 1. The van der Waals surface area contributed by atoms with Crippen LogP contribution in [-0.2, 0) is 14.8 Å². The Morgan fingerprint density at radius 2 is 1.76 bits per heavy atom. The molecule has 2 rings (SSSR count). The number of nitrogens with zero attached hydrogens (tertiary/aromatic N) is 2. The van der Waals surface area contributed by atoms with E-state index in [1.807, 2.05) is 13.0 Å². The molecule has 29 heavy (non-hydrogen) atoms. The van der Waals surface area contributed by atoms with E-state index in [0.29, 0.717) is 11.3 Å². The second-order valence-electron chi connectivity index (χ2n) is 7.02. The number of carbonyl (C=O) groups is 1. The first kappa shape index (κ1) is 22.4. The molecule has 2 aromatic carbocycles. The molecule has 0 aliphatic heterocycles. The molecule has 1 atom stereocenters. The number of nitro groups is 1. The third kappa shape index (κ3) is 5.11. The molecule has 0 saturated heterocycles. The summed E-state index contributed by atoms with van der Waals surface area (Å²) in [5, 5.41) is 13.7. The molecule has 9 heteroatoms. The number of rotatable bonds is 7. The second kappa shape index (κ2) is 8.60. The van der Waals surface area contributed by atoms with Crippen LogP contribution in [0.3, 0.4) is 0 Å². The molecule has 8 nitrogen and oxygen atoms in total. The van der Waals surface area contributed by atoms with Crippen LogP contribution in [0.4, 0.5) is 17.1 Å². The van der Waals surface area contributed by atoms with Crippen molar-refractivity contribution < 1.29 is 18.1 Å². The van der Waals surface area contributed by atoms with Gasteiger partial charge in [-0.05, 0) is 49.9 Å². The molecular weight excluding hydrogens is 394 g/mol. The van der Waals surface area contributed by atoms with Gasteiger partial charge in [-0.15, -0.1) is 0 Å². The zero-order valence-electron chi connectivity index (χ0n) is 17.1. The number of carbonyl (C=O) groups excluding carboxylic acids is 1. The maximum atomic E-state index is 13.0. The van der Waals surface area contributed by atoms with Gasteiger partial charge in [0.25, 0.3) is 5.69 Å². The average molecular weight is 420 g/mol. The molecule has 0 spiro atoms. The van der Waals surface area contributed by atoms with E-state index in [-0.39, 0.29) is 17.8 Å². The Morgan fingerprint density at radius 1 is 1.14 bits per heavy atom. The van der Waals surface area contributed by atoms with Gasteiger partial charge >= 0.3 is 0 Å². The van der Waals surface area contributed by atoms with Crippen LogP contribution in [0.25, 0.3) is 0 Å². The van der Waals surface area contributed by atoms with Gasteiger partial charge < -0.3 is 5.32 Å². The van der Waals surface area contributed by atoms with Gasteiger partial charge in [0, 0.05) is 12.1 Å². The first-order valence-electron chi connectivity index (χ1n) is 9.08. The van der Waals surface area contributed by atoms with E-state index >= 15 is 0 Å². The second-order valence-corrected chi connectivity index (χ2v) is 8.88. The van der Waals surface area contributed by atoms with Crippen LogP contribution in [0.15, 0.2) is 36.4 Å². The van der Waals surface area contributed by atoms with Crippen molar-refractivity contribution in [2.45, 2.75) is 40.2 Å². The molecule has 0 radical (unpaired) electrons. The summed E-state index contributed by atoms with van der Waals surface area (Å²) < 4.78 is 26.4. The molecule has 1 N–H and O–H groups in total. The Labute approximate surface area is 170 Å². The van der Waals surface area contributed by atoms with Crippen LogP contribution in [0.5, 0.6) is 0 Å². The highest BCUT2D eigenvalue weighted by molar-refractivity contribution is 7.92. The predicted molar refractivity (Wildman–Crippen MR) is 114 cm³/mol. The van der Waals surface area contributed by atoms with Crippen LogP contribution in [-0.4, -0.2) is 31.5 Å². The zero-order chi connectivity index (χ0) is 21.9. The van der Waals surface area contributed by atoms with Gasteiger partial charge in [0.1, 0.15) is 6.04 Å². The molecule has 0 heterocycles. The monoisotopic (exact) mass is 419 g/mol. The number of amides is 1. The van der Waals surface area contributed by atoms with Gasteiger partial charge in [-0.3, -0.25) is 19.2 Å². The summed E-state index contributed by atoms with van der Waals surface area (Å²) >= 11 is 0. The summed E-state index contributed by atoms with van der Waals surface area (Å²) in [7, 11) is -3.77. The van der Waals surface area contributed by atoms with Crippen molar-refractivity contribution in [3.8, 4) is 0 Å². The summed E-state index contributed by atoms with van der Waals surface area (Å²) in [6.07, 6.45) is 1.28. The van der Waals surface area contributed by atoms with Crippen molar-refractivity contribution in [3.63, 3.8) is 0 Å². The first-order chi connectivity index (χ1) is 13.5.